The van der Waals surface area contributed by atoms with E-state index in [1.54, 1.807) is 41.5 Å². The van der Waals surface area contributed by atoms with Crippen LogP contribution in [0.15, 0.2) is 0 Å². The Bertz CT molecular complexity index is 3030. The van der Waals surface area contributed by atoms with Crippen molar-refractivity contribution in [3.8, 4) is 0 Å². The van der Waals surface area contributed by atoms with Gasteiger partial charge in [0.1, 0.15) is 76.0 Å². The average Bonchev–Trinajstić information content (AvgIpc) is 1.73. The van der Waals surface area contributed by atoms with E-state index in [0.29, 0.717) is 32.1 Å². The zero-order valence-electron chi connectivity index (χ0n) is 63.5. The van der Waals surface area contributed by atoms with Gasteiger partial charge in [-0.1, -0.05) is 69.2 Å². The molecule has 3 heterocycles. The highest BCUT2D eigenvalue weighted by Gasteiger charge is 2.49. The maximum Gasteiger partial charge on any atom is 0.248 e. The highest BCUT2D eigenvalue weighted by Crippen LogP contribution is 2.27. The normalized spacial score (nSPS) is 19.5. The molecule has 0 radical (unpaired) electrons. The van der Waals surface area contributed by atoms with Gasteiger partial charge in [-0.3, -0.25) is 71.9 Å². The van der Waals surface area contributed by atoms with Gasteiger partial charge in [0.25, 0.3) is 0 Å². The molecule has 3 aliphatic heterocycles. The SMILES string of the molecule is CCC(C)(NC(C)=O)C(=O)NC(CCC(N)=O)C(=O)NC(CC(C)C)C(=O)NC(C)(C)C(=O)N1CCCC1C(=O)NC(C)C(=O)NC(C(=O)NC(C)(C)C(=O)N1CCCC1C(=O)NC(C)(CC)C(=O)NC(CC(C)C)C(=O)NC(C)(C)C(=O)N1CCCC1C(=O)NC(CO)CC(C)C)C(C)C. The highest BCUT2D eigenvalue weighted by atomic mass is 16.3. The Morgan fingerprint density at radius 2 is 0.822 bits per heavy atom. The number of likely N-dealkylation sites (tertiary alicyclic amines) is 3. The fourth-order valence-corrected chi connectivity index (χ4v) is 12.7. The third-order valence-corrected chi connectivity index (χ3v) is 18.9. The zero-order chi connectivity index (χ0) is 77.2. The molecule has 0 saturated carbocycles. The van der Waals surface area contributed by atoms with Crippen molar-refractivity contribution in [1.29, 1.82) is 0 Å². The van der Waals surface area contributed by atoms with E-state index in [2.05, 4.69) is 58.5 Å². The van der Waals surface area contributed by atoms with Crippen LogP contribution < -0.4 is 64.2 Å². The van der Waals surface area contributed by atoms with E-state index < -0.39 is 177 Å². The van der Waals surface area contributed by atoms with Crippen LogP contribution in [0.3, 0.4) is 0 Å². The third kappa shape index (κ3) is 24.6. The first-order chi connectivity index (χ1) is 46.6. The summed E-state index contributed by atoms with van der Waals surface area (Å²) in [5.74, 6) is -10.7. The van der Waals surface area contributed by atoms with Crippen molar-refractivity contribution in [2.75, 3.05) is 26.2 Å². The largest absolute Gasteiger partial charge is 0.394 e. The minimum Gasteiger partial charge on any atom is -0.394 e. The molecule has 31 heteroatoms. The molecule has 31 nitrogen and oxygen atoms in total. The van der Waals surface area contributed by atoms with E-state index >= 15 is 0 Å². The van der Waals surface area contributed by atoms with E-state index in [9.17, 15) is 77.0 Å². The first-order valence-electron chi connectivity index (χ1n) is 35.8. The van der Waals surface area contributed by atoms with Crippen molar-refractivity contribution in [2.24, 2.45) is 29.4 Å². The number of amides is 15. The number of hydrogen-bond donors (Lipinski definition) is 13. The molecule has 11 atom stereocenters. The van der Waals surface area contributed by atoms with Crippen molar-refractivity contribution < 1.29 is 77.0 Å². The van der Waals surface area contributed by atoms with Crippen LogP contribution in [0.25, 0.3) is 0 Å². The number of nitrogens with one attached hydrogen (secondary N) is 11. The average molecular weight is 1430 g/mol. The molecule has 0 aromatic heterocycles. The van der Waals surface area contributed by atoms with Crippen LogP contribution in [0.1, 0.15) is 222 Å². The summed E-state index contributed by atoms with van der Waals surface area (Å²) < 4.78 is 0. The van der Waals surface area contributed by atoms with Crippen molar-refractivity contribution in [3.05, 3.63) is 0 Å². The van der Waals surface area contributed by atoms with Crippen molar-refractivity contribution in [3.63, 3.8) is 0 Å². The molecule has 3 aliphatic rings. The molecule has 3 rings (SSSR count). The molecule has 0 aromatic rings. The minimum atomic E-state index is -1.68. The number of nitrogens with zero attached hydrogens (tertiary/aromatic N) is 3. The quantitative estimate of drug-likeness (QED) is 0.0396. The molecule has 3 fully saturated rings. The zero-order valence-corrected chi connectivity index (χ0v) is 63.5. The van der Waals surface area contributed by atoms with E-state index in [1.165, 1.54) is 83.9 Å². The molecule has 0 bridgehead atoms. The fourth-order valence-electron chi connectivity index (χ4n) is 12.7. The maximum atomic E-state index is 14.5. The Morgan fingerprint density at radius 3 is 1.20 bits per heavy atom. The van der Waals surface area contributed by atoms with Crippen LogP contribution in [0.4, 0.5) is 0 Å². The van der Waals surface area contributed by atoms with E-state index in [1.807, 2.05) is 27.7 Å². The van der Waals surface area contributed by atoms with E-state index in [-0.39, 0.29) is 95.4 Å². The number of aliphatic hydroxyl groups excluding tert-OH is 1. The van der Waals surface area contributed by atoms with Crippen LogP contribution in [0.2, 0.25) is 0 Å². The number of primary amides is 1. The molecule has 11 unspecified atom stereocenters. The van der Waals surface area contributed by atoms with Gasteiger partial charge < -0.3 is 84.0 Å². The van der Waals surface area contributed by atoms with Crippen molar-refractivity contribution >= 4 is 88.6 Å². The number of carbonyl (C=O) groups excluding carboxylic acids is 15. The van der Waals surface area contributed by atoms with Gasteiger partial charge in [-0.25, -0.2) is 0 Å². The van der Waals surface area contributed by atoms with Gasteiger partial charge in [0, 0.05) is 33.0 Å². The standard InChI is InChI=1S/C70H121N15O16/c1-21-69(19,78-43(12)87)61(97)75-45(29-30-51(71)88)54(90)74-46(35-39(5)6)55(91)79-66(13,14)63(99)83-31-23-26-48(83)57(93)72-42(11)53(89)77-52(41(9)10)60(96)81-68(17,18)65(101)85-33-25-28-50(85)59(95)82-70(20,22-2)62(98)76-47(36-40(7)8)56(92)80-67(15,16)64(100)84-32-24-27-49(84)58(94)73-44(37-86)34-38(3)4/h38-42,44-50,52,86H,21-37H2,1-20H3,(H2,71,88)(H,72,93)(H,73,94)(H,74,90)(H,75,97)(H,76,98)(H,77,89)(H,78,87)(H,79,91)(H,80,92)(H,81,96)(H,82,95). The van der Waals surface area contributed by atoms with Crippen LogP contribution >= 0.6 is 0 Å². The Balaban J connectivity index is 1.70. The second-order valence-corrected chi connectivity index (χ2v) is 31.2. The first-order valence-corrected chi connectivity index (χ1v) is 35.8. The van der Waals surface area contributed by atoms with Crippen LogP contribution in [-0.2, 0) is 71.9 Å². The maximum absolute atomic E-state index is 14.5. The summed E-state index contributed by atoms with van der Waals surface area (Å²) in [6.45, 7) is 32.5. The van der Waals surface area contributed by atoms with Gasteiger partial charge >= 0.3 is 0 Å². The minimum absolute atomic E-state index is 0.0494. The molecule has 101 heavy (non-hydrogen) atoms. The number of carbonyl (C=O) groups is 15. The fraction of sp³-hybridized carbons (Fsp3) is 0.786. The number of aliphatic hydroxyl groups is 1. The predicted octanol–water partition coefficient (Wildman–Crippen LogP) is 0.214. The lowest BCUT2D eigenvalue weighted by Gasteiger charge is -2.37. The topological polar surface area (TPSA) is 444 Å². The number of hydrogen-bond acceptors (Lipinski definition) is 16. The highest BCUT2D eigenvalue weighted by molar-refractivity contribution is 6.02. The van der Waals surface area contributed by atoms with Crippen molar-refractivity contribution in [1.82, 2.24) is 73.2 Å². The van der Waals surface area contributed by atoms with E-state index in [4.69, 9.17) is 5.73 Å². The Labute approximate surface area is 596 Å². The monoisotopic (exact) mass is 1430 g/mol. The lowest BCUT2D eigenvalue weighted by Crippen LogP contribution is -2.66. The number of rotatable bonds is 37. The lowest BCUT2D eigenvalue weighted by atomic mass is 9.94. The lowest BCUT2D eigenvalue weighted by molar-refractivity contribution is -0.146. The summed E-state index contributed by atoms with van der Waals surface area (Å²) in [4.78, 5) is 211. The second kappa shape index (κ2) is 37.3. The second-order valence-electron chi connectivity index (χ2n) is 31.2. The summed E-state index contributed by atoms with van der Waals surface area (Å²) in [5.41, 5.74) is -2.53. The van der Waals surface area contributed by atoms with Gasteiger partial charge in [-0.15, -0.1) is 0 Å². The molecule has 14 N–H and O–H groups in total. The first kappa shape index (κ1) is 87.2. The smallest absolute Gasteiger partial charge is 0.248 e. The summed E-state index contributed by atoms with van der Waals surface area (Å²) in [6, 6.07) is -9.82. The molecule has 3 saturated heterocycles. The summed E-state index contributed by atoms with van der Waals surface area (Å²) in [6.07, 6.45) is 2.52. The Hall–Kier alpha value is -7.99. The predicted molar refractivity (Wildman–Crippen MR) is 376 cm³/mol. The molecule has 15 amide bonds. The molecular weight excluding hydrogens is 1310 g/mol. The Morgan fingerprint density at radius 1 is 0.446 bits per heavy atom. The molecular formula is C70H121N15O16. The Kier molecular flexibility index (Phi) is 32.2. The summed E-state index contributed by atoms with van der Waals surface area (Å²) >= 11 is 0. The van der Waals surface area contributed by atoms with Crippen LogP contribution in [0.5, 0.6) is 0 Å². The van der Waals surface area contributed by atoms with Gasteiger partial charge in [0.2, 0.25) is 88.6 Å². The molecule has 0 spiro atoms. The number of nitrogens with two attached hydrogens (primary N) is 1. The third-order valence-electron chi connectivity index (χ3n) is 18.9. The summed E-state index contributed by atoms with van der Waals surface area (Å²) in [7, 11) is 0. The van der Waals surface area contributed by atoms with Gasteiger partial charge in [-0.05, 0) is 163 Å². The molecule has 0 aromatic carbocycles. The van der Waals surface area contributed by atoms with Crippen LogP contribution in [0, 0.1) is 23.7 Å². The molecule has 572 valence electrons. The van der Waals surface area contributed by atoms with Crippen molar-refractivity contribution in [2.45, 2.75) is 304 Å². The van der Waals surface area contributed by atoms with E-state index in [0.717, 1.165) is 0 Å². The van der Waals surface area contributed by atoms with Gasteiger partial charge in [-0.2, -0.15) is 0 Å². The molecule has 0 aliphatic carbocycles. The summed E-state index contributed by atoms with van der Waals surface area (Å²) in [5, 5.41) is 39.8. The van der Waals surface area contributed by atoms with Gasteiger partial charge in [0.05, 0.1) is 12.6 Å². The van der Waals surface area contributed by atoms with Gasteiger partial charge in [0.15, 0.2) is 0 Å². The van der Waals surface area contributed by atoms with Crippen LogP contribution in [-0.4, -0.2) is 217 Å².